The fraction of sp³-hybridized carbons (Fsp3) is 0.444. The Bertz CT molecular complexity index is 1150. The van der Waals surface area contributed by atoms with Gasteiger partial charge in [0.15, 0.2) is 5.16 Å². The van der Waals surface area contributed by atoms with Crippen LogP contribution in [0, 0.1) is 0 Å². The zero-order valence-electron chi connectivity index (χ0n) is 20.3. The van der Waals surface area contributed by atoms with Crippen LogP contribution in [-0.2, 0) is 10.5 Å². The summed E-state index contributed by atoms with van der Waals surface area (Å²) in [4.78, 5) is 40.3. The molecule has 0 saturated carbocycles. The highest BCUT2D eigenvalue weighted by Crippen LogP contribution is 2.25. The number of carbonyl (C=O) groups excluding carboxylic acids is 2. The molecule has 2 amide bonds. The summed E-state index contributed by atoms with van der Waals surface area (Å²) in [5, 5.41) is 0.856. The van der Waals surface area contributed by atoms with Crippen LogP contribution in [0.4, 0.5) is 0 Å². The van der Waals surface area contributed by atoms with E-state index in [-0.39, 0.29) is 11.8 Å². The highest BCUT2D eigenvalue weighted by atomic mass is 32.2. The van der Waals surface area contributed by atoms with Crippen LogP contribution in [0.2, 0.25) is 0 Å². The number of hydrogen-bond acceptors (Lipinski definition) is 5. The van der Waals surface area contributed by atoms with Gasteiger partial charge in [-0.2, -0.15) is 0 Å². The second-order valence-corrected chi connectivity index (χ2v) is 10.5. The summed E-state index contributed by atoms with van der Waals surface area (Å²) in [5.41, 5.74) is 3.73. The van der Waals surface area contributed by atoms with Crippen molar-refractivity contribution in [3.63, 3.8) is 0 Å². The molecule has 1 unspecified atom stereocenters. The van der Waals surface area contributed by atoms with Crippen LogP contribution in [-0.4, -0.2) is 81.8 Å². The van der Waals surface area contributed by atoms with E-state index in [2.05, 4.69) is 21.8 Å². The summed E-state index contributed by atoms with van der Waals surface area (Å²) in [6.07, 6.45) is 3.42. The van der Waals surface area contributed by atoms with Gasteiger partial charge in [-0.15, -0.1) is 0 Å². The molecule has 5 rings (SSSR count). The topological polar surface area (TPSA) is 72.5 Å². The lowest BCUT2D eigenvalue weighted by Gasteiger charge is -2.38. The number of aromatic nitrogens is 2. The van der Waals surface area contributed by atoms with Gasteiger partial charge in [0.05, 0.1) is 17.6 Å². The number of hydrogen-bond donors (Lipinski definition) is 1. The molecule has 1 atom stereocenters. The molecule has 1 N–H and O–H groups in total. The van der Waals surface area contributed by atoms with Gasteiger partial charge in [-0.1, -0.05) is 42.1 Å². The fourth-order valence-electron chi connectivity index (χ4n) is 5.03. The van der Waals surface area contributed by atoms with Crippen molar-refractivity contribution in [3.8, 4) is 0 Å². The molecule has 35 heavy (non-hydrogen) atoms. The molecule has 3 heterocycles. The minimum atomic E-state index is 0.0708. The first kappa shape index (κ1) is 23.9. The van der Waals surface area contributed by atoms with Crippen LogP contribution in [0.1, 0.15) is 42.1 Å². The summed E-state index contributed by atoms with van der Waals surface area (Å²) >= 11 is 1.61. The third-order valence-corrected chi connectivity index (χ3v) is 8.04. The molecule has 7 nitrogen and oxygen atoms in total. The van der Waals surface area contributed by atoms with Gasteiger partial charge in [-0.3, -0.25) is 14.5 Å². The van der Waals surface area contributed by atoms with E-state index in [4.69, 9.17) is 0 Å². The lowest BCUT2D eigenvalue weighted by atomic mass is 10.0. The average molecular weight is 492 g/mol. The molecule has 2 saturated heterocycles. The zero-order valence-corrected chi connectivity index (χ0v) is 21.1. The second kappa shape index (κ2) is 10.8. The maximum atomic E-state index is 13.4. The number of nitrogens with one attached hydrogen (secondary N) is 1. The molecule has 0 radical (unpaired) electrons. The number of para-hydroxylation sites is 2. The van der Waals surface area contributed by atoms with Crippen LogP contribution >= 0.6 is 11.8 Å². The predicted octanol–water partition coefficient (Wildman–Crippen LogP) is 4.01. The summed E-state index contributed by atoms with van der Waals surface area (Å²) < 4.78 is 0. The van der Waals surface area contributed by atoms with Gasteiger partial charge in [-0.25, -0.2) is 4.98 Å². The Hall–Kier alpha value is -2.84. The molecule has 8 heteroatoms. The monoisotopic (exact) mass is 491 g/mol. The number of amides is 2. The largest absolute Gasteiger partial charge is 0.339 e. The summed E-state index contributed by atoms with van der Waals surface area (Å²) in [5.74, 6) is 0.968. The van der Waals surface area contributed by atoms with Gasteiger partial charge in [0, 0.05) is 50.1 Å². The van der Waals surface area contributed by atoms with Gasteiger partial charge in [0.25, 0.3) is 5.91 Å². The van der Waals surface area contributed by atoms with Crippen molar-refractivity contribution in [2.45, 2.75) is 43.1 Å². The number of carbonyl (C=O) groups is 2. The Balaban J connectivity index is 1.17. The summed E-state index contributed by atoms with van der Waals surface area (Å²) in [7, 11) is 0. The van der Waals surface area contributed by atoms with E-state index in [9.17, 15) is 9.59 Å². The molecule has 0 bridgehead atoms. The number of imidazole rings is 1. The number of benzene rings is 2. The lowest BCUT2D eigenvalue weighted by molar-refractivity contribution is -0.136. The standard InChI is InChI=1S/C27H33N5O2S/c1-20-8-6-7-13-32(20)25(33)18-30-14-16-31(17-15-30)26(34)22-10-3-2-9-21(22)19-35-27-28-23-11-4-5-12-24(23)29-27/h2-5,9-12,20H,6-8,13-19H2,1H3,(H,28,29). The number of likely N-dealkylation sites (tertiary alicyclic amines) is 1. The van der Waals surface area contributed by atoms with E-state index >= 15 is 0 Å². The Labute approximate surface area is 210 Å². The van der Waals surface area contributed by atoms with Gasteiger partial charge in [0.2, 0.25) is 5.91 Å². The van der Waals surface area contributed by atoms with Gasteiger partial charge >= 0.3 is 0 Å². The molecular formula is C27H33N5O2S. The zero-order chi connectivity index (χ0) is 24.2. The Kier molecular flexibility index (Phi) is 7.39. The first-order chi connectivity index (χ1) is 17.1. The van der Waals surface area contributed by atoms with Gasteiger partial charge < -0.3 is 14.8 Å². The van der Waals surface area contributed by atoms with E-state index in [0.717, 1.165) is 59.8 Å². The molecule has 2 aromatic carbocycles. The van der Waals surface area contributed by atoms with E-state index < -0.39 is 0 Å². The summed E-state index contributed by atoms with van der Waals surface area (Å²) in [6, 6.07) is 16.2. The lowest BCUT2D eigenvalue weighted by Crippen LogP contribution is -2.53. The second-order valence-electron chi connectivity index (χ2n) is 9.51. The van der Waals surface area contributed by atoms with Crippen LogP contribution in [0.15, 0.2) is 53.7 Å². The van der Waals surface area contributed by atoms with Crippen molar-refractivity contribution in [1.29, 1.82) is 0 Å². The third-order valence-electron chi connectivity index (χ3n) is 7.12. The third kappa shape index (κ3) is 5.54. The highest BCUT2D eigenvalue weighted by molar-refractivity contribution is 7.98. The van der Waals surface area contributed by atoms with Gasteiger partial charge in [-0.05, 0) is 49.9 Å². The number of H-pyrrole nitrogens is 1. The van der Waals surface area contributed by atoms with E-state index in [1.807, 2.05) is 58.3 Å². The van der Waals surface area contributed by atoms with Crippen molar-refractivity contribution in [1.82, 2.24) is 24.7 Å². The maximum absolute atomic E-state index is 13.4. The van der Waals surface area contributed by atoms with Crippen LogP contribution in [0.3, 0.4) is 0 Å². The molecular weight excluding hydrogens is 458 g/mol. The fourth-order valence-corrected chi connectivity index (χ4v) is 5.92. The van der Waals surface area contributed by atoms with Crippen molar-refractivity contribution in [2.24, 2.45) is 0 Å². The smallest absolute Gasteiger partial charge is 0.254 e. The molecule has 1 aromatic heterocycles. The number of thioether (sulfide) groups is 1. The van der Waals surface area contributed by atoms with E-state index in [1.54, 1.807) is 11.8 Å². The summed E-state index contributed by atoms with van der Waals surface area (Å²) in [6.45, 7) is 6.24. The molecule has 2 fully saturated rings. The first-order valence-corrected chi connectivity index (χ1v) is 13.5. The minimum Gasteiger partial charge on any atom is -0.339 e. The number of piperazine rings is 1. The van der Waals surface area contributed by atoms with Gasteiger partial charge in [0.1, 0.15) is 0 Å². The van der Waals surface area contributed by atoms with Crippen LogP contribution in [0.5, 0.6) is 0 Å². The Morgan fingerprint density at radius 2 is 1.77 bits per heavy atom. The predicted molar refractivity (Wildman–Crippen MR) is 139 cm³/mol. The van der Waals surface area contributed by atoms with Crippen molar-refractivity contribution in [3.05, 3.63) is 59.7 Å². The van der Waals surface area contributed by atoms with E-state index in [0.29, 0.717) is 31.4 Å². The Morgan fingerprint density at radius 1 is 1.00 bits per heavy atom. The average Bonchev–Trinajstić information content (AvgIpc) is 3.31. The molecule has 184 valence electrons. The number of nitrogens with zero attached hydrogens (tertiary/aromatic N) is 4. The molecule has 3 aromatic rings. The maximum Gasteiger partial charge on any atom is 0.254 e. The minimum absolute atomic E-state index is 0.0708. The van der Waals surface area contributed by atoms with Crippen molar-refractivity contribution < 1.29 is 9.59 Å². The first-order valence-electron chi connectivity index (χ1n) is 12.5. The van der Waals surface area contributed by atoms with E-state index in [1.165, 1.54) is 6.42 Å². The van der Waals surface area contributed by atoms with Crippen LogP contribution in [0.25, 0.3) is 11.0 Å². The molecule has 2 aliphatic rings. The number of piperidine rings is 1. The Morgan fingerprint density at radius 3 is 2.57 bits per heavy atom. The number of rotatable bonds is 6. The normalized spacial score (nSPS) is 19.3. The molecule has 2 aliphatic heterocycles. The quantitative estimate of drug-likeness (QED) is 0.528. The van der Waals surface area contributed by atoms with Crippen molar-refractivity contribution in [2.75, 3.05) is 39.3 Å². The number of fused-ring (bicyclic) bond motifs is 1. The van der Waals surface area contributed by atoms with Crippen LogP contribution < -0.4 is 0 Å². The molecule has 0 spiro atoms. The number of aromatic amines is 1. The molecule has 0 aliphatic carbocycles. The SMILES string of the molecule is CC1CCCCN1C(=O)CN1CCN(C(=O)c2ccccc2CSc2nc3ccccc3[nH]2)CC1. The highest BCUT2D eigenvalue weighted by Gasteiger charge is 2.28. The van der Waals surface area contributed by atoms with Crippen molar-refractivity contribution >= 4 is 34.6 Å².